The minimum Gasteiger partial charge on any atom is -0.343 e. The topological polar surface area (TPSA) is 73.1 Å². The predicted molar refractivity (Wildman–Crippen MR) is 146 cm³/mol. The van der Waals surface area contributed by atoms with Crippen molar-refractivity contribution in [2.75, 3.05) is 0 Å². The first-order valence-electron chi connectivity index (χ1n) is 12.0. The van der Waals surface area contributed by atoms with E-state index in [-0.39, 0.29) is 16.7 Å². The van der Waals surface area contributed by atoms with Crippen LogP contribution in [0.4, 0.5) is 0 Å². The van der Waals surface area contributed by atoms with Crippen molar-refractivity contribution in [3.05, 3.63) is 117 Å². The molecule has 182 valence electrons. The number of thiazole rings is 1. The van der Waals surface area contributed by atoms with Gasteiger partial charge in [0.1, 0.15) is 5.25 Å². The fraction of sp³-hybridized carbons (Fsp3) is 0.138. The Balaban J connectivity index is 1.46. The highest BCUT2D eigenvalue weighted by Crippen LogP contribution is 2.53. The zero-order chi connectivity index (χ0) is 25.1. The number of nitrogens with zero attached hydrogens (tertiary/aromatic N) is 2. The number of rotatable bonds is 4. The van der Waals surface area contributed by atoms with E-state index in [1.807, 2.05) is 60.7 Å². The van der Waals surface area contributed by atoms with Gasteiger partial charge >= 0.3 is 4.87 Å². The molecule has 0 spiro atoms. The maximum atomic E-state index is 13.4. The molecule has 0 aliphatic carbocycles. The van der Waals surface area contributed by atoms with Crippen molar-refractivity contribution in [1.29, 1.82) is 0 Å². The van der Waals surface area contributed by atoms with Gasteiger partial charge in [0.2, 0.25) is 11.8 Å². The molecule has 1 saturated heterocycles. The summed E-state index contributed by atoms with van der Waals surface area (Å²) in [6.07, 6.45) is 2.10. The van der Waals surface area contributed by atoms with Crippen molar-refractivity contribution in [3.63, 3.8) is 0 Å². The summed E-state index contributed by atoms with van der Waals surface area (Å²) in [5.74, 6) is -1.55. The number of carbonyl (C=O) groups is 2. The van der Waals surface area contributed by atoms with Gasteiger partial charge in [0.15, 0.2) is 0 Å². The summed E-state index contributed by atoms with van der Waals surface area (Å²) in [5, 5.41) is 3.75. The summed E-state index contributed by atoms with van der Waals surface area (Å²) in [4.78, 5) is 40.2. The van der Waals surface area contributed by atoms with Crippen LogP contribution in [0, 0.1) is 5.92 Å². The number of carbonyl (C=O) groups excluding carboxylic acids is 2. The standard InChI is InChI=1S/C29H21N3O3S2/c33-26-23-22(20-16-31(15-17-9-3-1-4-10-17)21-14-8-7-13-19(20)21)25-28(36-24(23)27(34)30-26)32(29(35)37-25)18-11-5-2-6-12-18/h1-14,16,22-24H,15H2,(H,30,33,34)/t22-,23-,24+/m0/s1. The lowest BCUT2D eigenvalue weighted by atomic mass is 9.83. The third-order valence-electron chi connectivity index (χ3n) is 7.17. The zero-order valence-electron chi connectivity index (χ0n) is 19.5. The third kappa shape index (κ3) is 3.51. The van der Waals surface area contributed by atoms with Gasteiger partial charge in [0.05, 0.1) is 16.6 Å². The van der Waals surface area contributed by atoms with E-state index in [0.29, 0.717) is 6.54 Å². The van der Waals surface area contributed by atoms with Crippen LogP contribution in [0.1, 0.15) is 21.9 Å². The molecule has 1 N–H and O–H groups in total. The van der Waals surface area contributed by atoms with Crippen LogP contribution < -0.4 is 10.2 Å². The maximum absolute atomic E-state index is 13.4. The molecule has 2 amide bonds. The van der Waals surface area contributed by atoms with Gasteiger partial charge < -0.3 is 4.57 Å². The number of fused-ring (bicyclic) bond motifs is 3. The lowest BCUT2D eigenvalue weighted by molar-refractivity contribution is -0.125. The largest absolute Gasteiger partial charge is 0.343 e. The van der Waals surface area contributed by atoms with E-state index >= 15 is 0 Å². The number of hydrogen-bond acceptors (Lipinski definition) is 5. The van der Waals surface area contributed by atoms with E-state index < -0.39 is 17.1 Å². The first kappa shape index (κ1) is 22.3. The number of imide groups is 1. The zero-order valence-corrected chi connectivity index (χ0v) is 21.2. The molecule has 5 aromatic rings. The fourth-order valence-electron chi connectivity index (χ4n) is 5.56. The molecule has 8 heteroatoms. The summed E-state index contributed by atoms with van der Waals surface area (Å²) in [6.45, 7) is 0.677. The van der Waals surface area contributed by atoms with Gasteiger partial charge in [0.25, 0.3) is 0 Å². The van der Waals surface area contributed by atoms with Gasteiger partial charge in [-0.15, -0.1) is 0 Å². The molecule has 2 aromatic heterocycles. The number of benzene rings is 3. The average Bonchev–Trinajstić information content (AvgIpc) is 3.54. The number of amides is 2. The summed E-state index contributed by atoms with van der Waals surface area (Å²) in [6, 6.07) is 27.8. The van der Waals surface area contributed by atoms with E-state index in [0.717, 1.165) is 32.1 Å². The van der Waals surface area contributed by atoms with Gasteiger partial charge in [-0.3, -0.25) is 24.3 Å². The van der Waals surface area contributed by atoms with E-state index in [1.54, 1.807) is 4.57 Å². The summed E-state index contributed by atoms with van der Waals surface area (Å²) >= 11 is 2.50. The highest BCUT2D eigenvalue weighted by atomic mass is 32.2. The van der Waals surface area contributed by atoms with Crippen LogP contribution in [0.3, 0.4) is 0 Å². The van der Waals surface area contributed by atoms with E-state index in [1.165, 1.54) is 28.7 Å². The molecule has 2 aliphatic heterocycles. The minimum absolute atomic E-state index is 0.116. The van der Waals surface area contributed by atoms with Crippen LogP contribution in [-0.2, 0) is 16.1 Å². The molecule has 37 heavy (non-hydrogen) atoms. The normalized spacial score (nSPS) is 20.6. The summed E-state index contributed by atoms with van der Waals surface area (Å²) < 4.78 is 3.88. The molecule has 2 aliphatic rings. The Labute approximate surface area is 220 Å². The highest BCUT2D eigenvalue weighted by Gasteiger charge is 2.53. The number of para-hydroxylation sites is 2. The fourth-order valence-corrected chi connectivity index (χ4v) is 8.32. The number of thioether (sulfide) groups is 1. The monoisotopic (exact) mass is 523 g/mol. The average molecular weight is 524 g/mol. The summed E-state index contributed by atoms with van der Waals surface area (Å²) in [7, 11) is 0. The van der Waals surface area contributed by atoms with Crippen LogP contribution in [0.25, 0.3) is 16.6 Å². The Morgan fingerprint density at radius 2 is 1.51 bits per heavy atom. The smallest absolute Gasteiger partial charge is 0.312 e. The van der Waals surface area contributed by atoms with Crippen LogP contribution in [0.15, 0.2) is 101 Å². The molecule has 7 rings (SSSR count). The Bertz CT molecular complexity index is 1740. The lowest BCUT2D eigenvalue weighted by Gasteiger charge is -2.30. The molecule has 0 radical (unpaired) electrons. The van der Waals surface area contributed by atoms with Crippen LogP contribution in [-0.4, -0.2) is 26.2 Å². The Morgan fingerprint density at radius 3 is 2.30 bits per heavy atom. The first-order chi connectivity index (χ1) is 18.1. The second-order valence-corrected chi connectivity index (χ2v) is 11.4. The Morgan fingerprint density at radius 1 is 0.811 bits per heavy atom. The quantitative estimate of drug-likeness (QED) is 0.344. The van der Waals surface area contributed by atoms with Gasteiger partial charge in [0, 0.05) is 34.4 Å². The van der Waals surface area contributed by atoms with Crippen molar-refractivity contribution in [2.24, 2.45) is 5.92 Å². The second kappa shape index (κ2) is 8.61. The number of aromatic nitrogens is 2. The minimum atomic E-state index is -0.592. The van der Waals surface area contributed by atoms with Crippen molar-refractivity contribution >= 4 is 45.8 Å². The van der Waals surface area contributed by atoms with Crippen LogP contribution >= 0.6 is 23.1 Å². The highest BCUT2D eigenvalue weighted by molar-refractivity contribution is 8.00. The Hall–Kier alpha value is -3.88. The van der Waals surface area contributed by atoms with Crippen molar-refractivity contribution < 1.29 is 9.59 Å². The molecule has 3 atom stereocenters. The van der Waals surface area contributed by atoms with E-state index in [9.17, 15) is 14.4 Å². The molecule has 6 nitrogen and oxygen atoms in total. The lowest BCUT2D eigenvalue weighted by Crippen LogP contribution is -2.31. The van der Waals surface area contributed by atoms with Crippen molar-refractivity contribution in [1.82, 2.24) is 14.5 Å². The van der Waals surface area contributed by atoms with Crippen molar-refractivity contribution in [2.45, 2.75) is 22.7 Å². The van der Waals surface area contributed by atoms with Crippen LogP contribution in [0.2, 0.25) is 0 Å². The van der Waals surface area contributed by atoms with Crippen LogP contribution in [0.5, 0.6) is 0 Å². The molecular weight excluding hydrogens is 502 g/mol. The Kier molecular flexibility index (Phi) is 5.19. The SMILES string of the molecule is O=C1NC(=O)[C@@H]2Sc3c(sc(=O)n3-c3ccccc3)[C@@H](c3cn(Cc4ccccc4)c4ccccc34)[C@H]12. The first-order valence-corrected chi connectivity index (χ1v) is 13.7. The third-order valence-corrected chi connectivity index (χ3v) is 9.71. The number of hydrogen-bond donors (Lipinski definition) is 1. The molecular formula is C29H21N3O3S2. The van der Waals surface area contributed by atoms with Gasteiger partial charge in [-0.25, -0.2) is 0 Å². The second-order valence-electron chi connectivity index (χ2n) is 9.32. The molecule has 4 heterocycles. The molecule has 3 aromatic carbocycles. The predicted octanol–water partition coefficient (Wildman–Crippen LogP) is 4.78. The van der Waals surface area contributed by atoms with E-state index in [2.05, 4.69) is 40.3 Å². The summed E-state index contributed by atoms with van der Waals surface area (Å²) in [5.41, 5.74) is 3.94. The van der Waals surface area contributed by atoms with Gasteiger partial charge in [-0.05, 0) is 29.3 Å². The van der Waals surface area contributed by atoms with Crippen molar-refractivity contribution in [3.8, 4) is 5.69 Å². The number of nitrogens with one attached hydrogen (secondary N) is 1. The molecule has 1 fully saturated rings. The molecule has 0 unspecified atom stereocenters. The van der Waals surface area contributed by atoms with E-state index in [4.69, 9.17) is 0 Å². The maximum Gasteiger partial charge on any atom is 0.312 e. The molecule has 0 bridgehead atoms. The van der Waals surface area contributed by atoms with Gasteiger partial charge in [-0.2, -0.15) is 0 Å². The molecule has 0 saturated carbocycles. The van der Waals surface area contributed by atoms with Gasteiger partial charge in [-0.1, -0.05) is 89.8 Å².